The highest BCUT2D eigenvalue weighted by atomic mass is 79.9. The zero-order chi connectivity index (χ0) is 13.9. The van der Waals surface area contributed by atoms with Crippen molar-refractivity contribution in [3.05, 3.63) is 57.8 Å². The fraction of sp³-hybridized carbons (Fsp3) is 0.154. The molecule has 0 amide bonds. The second-order valence-corrected chi connectivity index (χ2v) is 5.03. The van der Waals surface area contributed by atoms with Gasteiger partial charge in [-0.3, -0.25) is 4.98 Å². The number of benzene rings is 1. The summed E-state index contributed by atoms with van der Waals surface area (Å²) in [5.41, 5.74) is 0.334. The Hall–Kier alpha value is -2.15. The molecule has 6 nitrogen and oxygen atoms in total. The first-order chi connectivity index (χ1) is 9.74. The Morgan fingerprint density at radius 1 is 1.35 bits per heavy atom. The average Bonchev–Trinajstić information content (AvgIpc) is 2.76. The maximum Gasteiger partial charge on any atom is 0.350 e. The van der Waals surface area contributed by atoms with Gasteiger partial charge in [0, 0.05) is 16.9 Å². The lowest BCUT2D eigenvalue weighted by atomic mass is 10.3. The molecule has 0 saturated carbocycles. The minimum absolute atomic E-state index is 0.194. The van der Waals surface area contributed by atoms with Crippen LogP contribution >= 0.6 is 15.9 Å². The first-order valence-electron chi connectivity index (χ1n) is 6.01. The summed E-state index contributed by atoms with van der Waals surface area (Å²) in [5, 5.41) is 4.18. The number of fused-ring (bicyclic) bond motifs is 1. The molecule has 3 aromatic rings. The van der Waals surface area contributed by atoms with Crippen molar-refractivity contribution in [2.45, 2.75) is 6.54 Å². The Kier molecular flexibility index (Phi) is 3.51. The minimum Gasteiger partial charge on any atom is -0.492 e. The second kappa shape index (κ2) is 5.46. The van der Waals surface area contributed by atoms with E-state index < -0.39 is 0 Å². The van der Waals surface area contributed by atoms with E-state index in [4.69, 9.17) is 4.74 Å². The van der Waals surface area contributed by atoms with E-state index in [0.29, 0.717) is 18.8 Å². The molecule has 0 aliphatic carbocycles. The number of nitrogens with zero attached hydrogens (tertiary/aromatic N) is 4. The SMILES string of the molecule is O=c1n(CCOc2cccc(Br)c2)nc2cnccn12. The van der Waals surface area contributed by atoms with E-state index in [1.54, 1.807) is 18.6 Å². The third kappa shape index (κ3) is 2.57. The molecule has 2 heterocycles. The minimum atomic E-state index is -0.194. The molecule has 102 valence electrons. The quantitative estimate of drug-likeness (QED) is 0.729. The highest BCUT2D eigenvalue weighted by Crippen LogP contribution is 2.17. The monoisotopic (exact) mass is 334 g/mol. The van der Waals surface area contributed by atoms with Gasteiger partial charge >= 0.3 is 5.69 Å². The molecule has 0 aliphatic rings. The van der Waals surface area contributed by atoms with Crippen molar-refractivity contribution < 1.29 is 4.74 Å². The standard InChI is InChI=1S/C13H11BrN4O2/c14-10-2-1-3-11(8-10)20-7-6-18-13(19)17-5-4-15-9-12(17)16-18/h1-5,8-9H,6-7H2. The Balaban J connectivity index is 1.71. The maximum absolute atomic E-state index is 12.0. The molecule has 2 aromatic heterocycles. The molecule has 0 saturated heterocycles. The Morgan fingerprint density at radius 3 is 3.05 bits per heavy atom. The van der Waals surface area contributed by atoms with Crippen molar-refractivity contribution in [1.82, 2.24) is 19.2 Å². The molecule has 7 heteroatoms. The van der Waals surface area contributed by atoms with Crippen LogP contribution in [0.3, 0.4) is 0 Å². The van der Waals surface area contributed by atoms with Gasteiger partial charge in [0.25, 0.3) is 0 Å². The number of aromatic nitrogens is 4. The van der Waals surface area contributed by atoms with Gasteiger partial charge < -0.3 is 4.74 Å². The molecule has 1 aromatic carbocycles. The van der Waals surface area contributed by atoms with Crippen LogP contribution in [0, 0.1) is 0 Å². The van der Waals surface area contributed by atoms with Gasteiger partial charge in [-0.15, -0.1) is 5.10 Å². The summed E-state index contributed by atoms with van der Waals surface area (Å²) in [6, 6.07) is 7.55. The van der Waals surface area contributed by atoms with Crippen molar-refractivity contribution in [1.29, 1.82) is 0 Å². The summed E-state index contributed by atoms with van der Waals surface area (Å²) in [4.78, 5) is 15.9. The molecule has 0 bridgehead atoms. The van der Waals surface area contributed by atoms with Crippen molar-refractivity contribution in [2.24, 2.45) is 0 Å². The van der Waals surface area contributed by atoms with Crippen molar-refractivity contribution in [3.8, 4) is 5.75 Å². The number of hydrogen-bond donors (Lipinski definition) is 0. The van der Waals surface area contributed by atoms with Crippen molar-refractivity contribution >= 4 is 21.6 Å². The maximum atomic E-state index is 12.0. The van der Waals surface area contributed by atoms with Gasteiger partial charge in [-0.2, -0.15) is 0 Å². The lowest BCUT2D eigenvalue weighted by Gasteiger charge is -2.05. The summed E-state index contributed by atoms with van der Waals surface area (Å²) in [6.45, 7) is 0.751. The lowest BCUT2D eigenvalue weighted by Crippen LogP contribution is -2.23. The third-order valence-corrected chi connectivity index (χ3v) is 3.25. The fourth-order valence-electron chi connectivity index (χ4n) is 1.83. The van der Waals surface area contributed by atoms with Gasteiger partial charge in [-0.1, -0.05) is 22.0 Å². The van der Waals surface area contributed by atoms with Crippen LogP contribution in [0.4, 0.5) is 0 Å². The number of halogens is 1. The van der Waals surface area contributed by atoms with Crippen molar-refractivity contribution in [3.63, 3.8) is 0 Å². The molecule has 3 rings (SSSR count). The van der Waals surface area contributed by atoms with E-state index in [0.717, 1.165) is 10.2 Å². The van der Waals surface area contributed by atoms with Crippen LogP contribution in [0.15, 0.2) is 52.1 Å². The zero-order valence-electron chi connectivity index (χ0n) is 10.4. The highest BCUT2D eigenvalue weighted by Gasteiger charge is 2.06. The normalized spacial score (nSPS) is 10.8. The summed E-state index contributed by atoms with van der Waals surface area (Å²) in [7, 11) is 0. The van der Waals surface area contributed by atoms with Crippen LogP contribution in [0.2, 0.25) is 0 Å². The summed E-state index contributed by atoms with van der Waals surface area (Å²) >= 11 is 3.38. The van der Waals surface area contributed by atoms with Gasteiger partial charge in [0.1, 0.15) is 12.4 Å². The first-order valence-corrected chi connectivity index (χ1v) is 6.81. The van der Waals surface area contributed by atoms with E-state index in [1.165, 1.54) is 9.08 Å². The first kappa shape index (κ1) is 12.9. The van der Waals surface area contributed by atoms with Crippen molar-refractivity contribution in [2.75, 3.05) is 6.61 Å². The molecule has 0 unspecified atom stereocenters. The smallest absolute Gasteiger partial charge is 0.350 e. The predicted octanol–water partition coefficient (Wildman–Crippen LogP) is 1.73. The van der Waals surface area contributed by atoms with E-state index in [2.05, 4.69) is 26.0 Å². The van der Waals surface area contributed by atoms with Crippen LogP contribution < -0.4 is 10.4 Å². The fourth-order valence-corrected chi connectivity index (χ4v) is 2.21. The molecule has 20 heavy (non-hydrogen) atoms. The second-order valence-electron chi connectivity index (χ2n) is 4.12. The number of rotatable bonds is 4. The predicted molar refractivity (Wildman–Crippen MR) is 76.9 cm³/mol. The van der Waals surface area contributed by atoms with Gasteiger partial charge in [0.15, 0.2) is 5.65 Å². The zero-order valence-corrected chi connectivity index (χ0v) is 12.0. The van der Waals surface area contributed by atoms with Crippen LogP contribution in [-0.2, 0) is 6.54 Å². The molecule has 0 atom stereocenters. The van der Waals surface area contributed by atoms with Gasteiger partial charge in [-0.05, 0) is 18.2 Å². The summed E-state index contributed by atoms with van der Waals surface area (Å²) < 4.78 is 9.36. The van der Waals surface area contributed by atoms with Gasteiger partial charge in [-0.25, -0.2) is 13.9 Å². The van der Waals surface area contributed by atoms with E-state index in [-0.39, 0.29) is 5.69 Å². The molecule has 0 spiro atoms. The summed E-state index contributed by atoms with van der Waals surface area (Å²) in [5.74, 6) is 0.748. The molecule has 0 N–H and O–H groups in total. The molecule has 0 fully saturated rings. The largest absolute Gasteiger partial charge is 0.492 e. The molecular formula is C13H11BrN4O2. The highest BCUT2D eigenvalue weighted by molar-refractivity contribution is 9.10. The summed E-state index contributed by atoms with van der Waals surface area (Å²) in [6.07, 6.45) is 4.70. The van der Waals surface area contributed by atoms with Gasteiger partial charge in [0.2, 0.25) is 0 Å². The Bertz CT molecular complexity index is 796. The molecule has 0 aliphatic heterocycles. The molecular weight excluding hydrogens is 324 g/mol. The third-order valence-electron chi connectivity index (χ3n) is 2.76. The number of ether oxygens (including phenoxy) is 1. The average molecular weight is 335 g/mol. The Morgan fingerprint density at radius 2 is 2.25 bits per heavy atom. The van der Waals surface area contributed by atoms with E-state index in [9.17, 15) is 4.79 Å². The number of hydrogen-bond acceptors (Lipinski definition) is 4. The molecule has 0 radical (unpaired) electrons. The van der Waals surface area contributed by atoms with Crippen LogP contribution in [0.1, 0.15) is 0 Å². The van der Waals surface area contributed by atoms with E-state index >= 15 is 0 Å². The van der Waals surface area contributed by atoms with Gasteiger partial charge in [0.05, 0.1) is 12.7 Å². The van der Waals surface area contributed by atoms with Crippen LogP contribution in [-0.4, -0.2) is 25.8 Å². The van der Waals surface area contributed by atoms with E-state index in [1.807, 2.05) is 24.3 Å². The Labute approximate surface area is 122 Å². The lowest BCUT2D eigenvalue weighted by molar-refractivity contribution is 0.289. The topological polar surface area (TPSA) is 61.4 Å². The van der Waals surface area contributed by atoms with Crippen LogP contribution in [0.5, 0.6) is 5.75 Å². The van der Waals surface area contributed by atoms with Crippen LogP contribution in [0.25, 0.3) is 5.65 Å².